The Morgan fingerprint density at radius 2 is 2.05 bits per heavy atom. The summed E-state index contributed by atoms with van der Waals surface area (Å²) >= 11 is 0. The summed E-state index contributed by atoms with van der Waals surface area (Å²) in [6, 6.07) is 1.86. The molecule has 114 valence electrons. The molecule has 0 aromatic heterocycles. The lowest BCUT2D eigenvalue weighted by Gasteiger charge is -2.15. The number of hydrogen-bond donors (Lipinski definition) is 0. The van der Waals surface area contributed by atoms with Gasteiger partial charge in [-0.2, -0.15) is 23.3 Å². The van der Waals surface area contributed by atoms with Crippen LogP contribution in [0.15, 0.2) is 27.4 Å². The van der Waals surface area contributed by atoms with Crippen molar-refractivity contribution < 1.29 is 26.6 Å². The number of alkyl halides is 3. The van der Waals surface area contributed by atoms with E-state index >= 15 is 0 Å². The summed E-state index contributed by atoms with van der Waals surface area (Å²) in [5.41, 5.74) is -0.264. The van der Waals surface area contributed by atoms with Gasteiger partial charge in [0, 0.05) is 4.90 Å². The third-order valence-electron chi connectivity index (χ3n) is 2.61. The molecule has 0 spiro atoms. The Kier molecular flexibility index (Phi) is 4.08. The van der Waals surface area contributed by atoms with Crippen LogP contribution >= 0.6 is 0 Å². The van der Waals surface area contributed by atoms with Gasteiger partial charge in [-0.25, -0.2) is 4.39 Å². The summed E-state index contributed by atoms with van der Waals surface area (Å²) in [5.74, 6) is -3.02. The Labute approximate surface area is 119 Å². The lowest BCUT2D eigenvalue weighted by Crippen LogP contribution is -2.24. The summed E-state index contributed by atoms with van der Waals surface area (Å²) < 4.78 is 62.5. The molecule has 0 aliphatic carbocycles. The van der Waals surface area contributed by atoms with Gasteiger partial charge in [0.2, 0.25) is 0 Å². The van der Waals surface area contributed by atoms with Crippen molar-refractivity contribution in [1.82, 2.24) is 0 Å². The normalized spacial score (nSPS) is 16.6. The van der Waals surface area contributed by atoms with Crippen molar-refractivity contribution >= 4 is 22.4 Å². The lowest BCUT2D eigenvalue weighted by molar-refractivity contribution is -0.116. The molecule has 1 unspecified atom stereocenters. The number of halogens is 4. The number of anilines is 1. The summed E-state index contributed by atoms with van der Waals surface area (Å²) in [5, 5.41) is 7.44. The van der Waals surface area contributed by atoms with Gasteiger partial charge in [-0.1, -0.05) is 5.22 Å². The number of rotatable bonds is 3. The second-order valence-corrected chi connectivity index (χ2v) is 5.69. The van der Waals surface area contributed by atoms with Crippen LogP contribution in [0, 0.1) is 12.7 Å². The zero-order valence-electron chi connectivity index (χ0n) is 10.6. The third-order valence-corrected chi connectivity index (χ3v) is 4.13. The highest BCUT2D eigenvalue weighted by molar-refractivity contribution is 7.85. The number of nitrogens with zero attached hydrogens (tertiary/aromatic N) is 3. The molecule has 1 aliphatic heterocycles. The molecule has 21 heavy (non-hydrogen) atoms. The fourth-order valence-electron chi connectivity index (χ4n) is 1.73. The minimum Gasteiger partial charge on any atom is -0.270 e. The number of benzene rings is 1. The second kappa shape index (κ2) is 5.51. The molecule has 1 aliphatic rings. The minimum absolute atomic E-state index is 0.0995. The van der Waals surface area contributed by atoms with Crippen LogP contribution in [0.25, 0.3) is 0 Å². The molecule has 0 fully saturated rings. The topological polar surface area (TPSA) is 62.1 Å². The van der Waals surface area contributed by atoms with Gasteiger partial charge in [-0.05, 0) is 24.6 Å². The van der Waals surface area contributed by atoms with Crippen molar-refractivity contribution in [3.63, 3.8) is 0 Å². The van der Waals surface area contributed by atoms with Crippen LogP contribution in [0.3, 0.4) is 0 Å². The molecule has 5 nitrogen and oxygen atoms in total. The molecule has 1 atom stereocenters. The summed E-state index contributed by atoms with van der Waals surface area (Å²) in [7, 11) is -2.40. The highest BCUT2D eigenvalue weighted by Gasteiger charge is 2.32. The van der Waals surface area contributed by atoms with Crippen molar-refractivity contribution in [3.8, 4) is 0 Å². The molecular formula is C11H9F4N3O2S. The summed E-state index contributed by atoms with van der Waals surface area (Å²) in [6.07, 6.45) is -4.62. The van der Waals surface area contributed by atoms with Crippen molar-refractivity contribution in [3.05, 3.63) is 23.5 Å². The highest BCUT2D eigenvalue weighted by Crippen LogP contribution is 2.29. The van der Waals surface area contributed by atoms with E-state index in [1.807, 2.05) is 0 Å². The van der Waals surface area contributed by atoms with E-state index in [1.54, 1.807) is 0 Å². The van der Waals surface area contributed by atoms with Crippen molar-refractivity contribution in [1.29, 1.82) is 0 Å². The zero-order chi connectivity index (χ0) is 15.8. The lowest BCUT2D eigenvalue weighted by atomic mass is 10.2. The Morgan fingerprint density at radius 3 is 2.57 bits per heavy atom. The Morgan fingerprint density at radius 1 is 1.38 bits per heavy atom. The maximum atomic E-state index is 13.8. The van der Waals surface area contributed by atoms with Crippen LogP contribution in [0.4, 0.5) is 23.2 Å². The van der Waals surface area contributed by atoms with E-state index < -0.39 is 34.5 Å². The van der Waals surface area contributed by atoms with Crippen LogP contribution < -0.4 is 5.01 Å². The van der Waals surface area contributed by atoms with E-state index in [9.17, 15) is 26.6 Å². The molecule has 1 heterocycles. The Bertz CT molecular complexity index is 645. The maximum absolute atomic E-state index is 13.8. The molecule has 0 saturated carbocycles. The van der Waals surface area contributed by atoms with Crippen molar-refractivity contribution in [2.24, 2.45) is 10.3 Å². The third kappa shape index (κ3) is 3.43. The number of amides is 1. The van der Waals surface area contributed by atoms with Gasteiger partial charge in [-0.15, -0.1) is 0 Å². The molecule has 0 N–H and O–H groups in total. The van der Waals surface area contributed by atoms with Crippen LogP contribution in [-0.2, 0) is 15.6 Å². The number of hydrogen-bond acceptors (Lipinski definition) is 4. The van der Waals surface area contributed by atoms with E-state index in [4.69, 9.17) is 0 Å². The first-order valence-electron chi connectivity index (χ1n) is 5.64. The van der Waals surface area contributed by atoms with E-state index in [2.05, 4.69) is 10.3 Å². The first-order valence-corrected chi connectivity index (χ1v) is 6.96. The first-order chi connectivity index (χ1) is 9.69. The van der Waals surface area contributed by atoms with Crippen LogP contribution in [0.2, 0.25) is 0 Å². The van der Waals surface area contributed by atoms with Gasteiger partial charge in [0.05, 0.1) is 10.8 Å². The molecule has 1 aromatic rings. The molecule has 1 amide bonds. The number of carbonyl (C=O) groups is 1. The van der Waals surface area contributed by atoms with Gasteiger partial charge in [0.25, 0.3) is 5.91 Å². The molecule has 0 bridgehead atoms. The molecule has 0 saturated heterocycles. The fraction of sp³-hybridized carbons (Fsp3) is 0.364. The highest BCUT2D eigenvalue weighted by atomic mass is 32.2. The minimum atomic E-state index is -4.62. The summed E-state index contributed by atoms with van der Waals surface area (Å²) in [4.78, 5) is 11.2. The van der Waals surface area contributed by atoms with E-state index in [0.29, 0.717) is 5.01 Å². The quantitative estimate of drug-likeness (QED) is 0.803. The predicted octanol–water partition coefficient (Wildman–Crippen LogP) is 2.52. The van der Waals surface area contributed by atoms with Gasteiger partial charge >= 0.3 is 6.18 Å². The Balaban J connectivity index is 2.41. The first kappa shape index (κ1) is 15.5. The largest absolute Gasteiger partial charge is 0.400 e. The smallest absolute Gasteiger partial charge is 0.270 e. The van der Waals surface area contributed by atoms with Crippen molar-refractivity contribution in [2.75, 3.05) is 17.3 Å². The average Bonchev–Trinajstić information content (AvgIpc) is 2.73. The van der Waals surface area contributed by atoms with Gasteiger partial charge in [0.1, 0.15) is 23.8 Å². The predicted molar refractivity (Wildman–Crippen MR) is 65.7 cm³/mol. The standard InChI is InChI=1S/C11H9F4N3O2S/c1-6-2-7(12)8(18-10(19)4-16-17-18)3-9(6)21(20)5-11(13,14)15/h2-3H,4-5H2,1H3. The maximum Gasteiger partial charge on any atom is 0.400 e. The van der Waals surface area contributed by atoms with Gasteiger partial charge in [-0.3, -0.25) is 9.00 Å². The van der Waals surface area contributed by atoms with E-state index in [1.165, 1.54) is 6.92 Å². The zero-order valence-corrected chi connectivity index (χ0v) is 11.5. The fourth-order valence-corrected chi connectivity index (χ4v) is 2.84. The Hall–Kier alpha value is -1.84. The molecule has 10 heteroatoms. The van der Waals surface area contributed by atoms with Crippen LogP contribution in [0.5, 0.6) is 0 Å². The second-order valence-electron chi connectivity index (χ2n) is 4.27. The molecule has 0 radical (unpaired) electrons. The molecule has 2 rings (SSSR count). The molecule has 1 aromatic carbocycles. The average molecular weight is 323 g/mol. The van der Waals surface area contributed by atoms with Crippen LogP contribution in [-0.4, -0.2) is 28.6 Å². The summed E-state index contributed by atoms with van der Waals surface area (Å²) in [6.45, 7) is 1.07. The monoisotopic (exact) mass is 323 g/mol. The molecular weight excluding hydrogens is 314 g/mol. The number of carbonyl (C=O) groups excluding carboxylic acids is 1. The van der Waals surface area contributed by atoms with Gasteiger partial charge < -0.3 is 0 Å². The van der Waals surface area contributed by atoms with Gasteiger partial charge in [0.15, 0.2) is 0 Å². The number of aryl methyl sites for hydroxylation is 1. The SMILES string of the molecule is Cc1cc(F)c(N2N=NCC2=O)cc1S(=O)CC(F)(F)F. The van der Waals surface area contributed by atoms with Crippen LogP contribution in [0.1, 0.15) is 5.56 Å². The van der Waals surface area contributed by atoms with E-state index in [-0.39, 0.29) is 22.7 Å². The van der Waals surface area contributed by atoms with Crippen molar-refractivity contribution in [2.45, 2.75) is 18.0 Å². The van der Waals surface area contributed by atoms with E-state index in [0.717, 1.165) is 12.1 Å².